The number of aromatic nitrogens is 1. The van der Waals surface area contributed by atoms with Crippen molar-refractivity contribution in [3.8, 4) is 28.4 Å². The topological polar surface area (TPSA) is 79.0 Å². The van der Waals surface area contributed by atoms with Gasteiger partial charge in [0.2, 0.25) is 5.95 Å². The van der Waals surface area contributed by atoms with Crippen LogP contribution in [0.1, 0.15) is 31.9 Å². The van der Waals surface area contributed by atoms with Gasteiger partial charge in [-0.1, -0.05) is 26.8 Å². The second-order valence-corrected chi connectivity index (χ2v) is 9.29. The number of amidine groups is 1. The van der Waals surface area contributed by atoms with E-state index in [9.17, 15) is 4.39 Å². The van der Waals surface area contributed by atoms with Crippen LogP contribution in [0.4, 0.5) is 4.39 Å². The number of ether oxygens (including phenoxy) is 3. The van der Waals surface area contributed by atoms with Crippen molar-refractivity contribution in [2.45, 2.75) is 26.3 Å². The van der Waals surface area contributed by atoms with E-state index in [1.165, 1.54) is 12.3 Å². The molecule has 1 spiro atoms. The zero-order chi connectivity index (χ0) is 22.5. The number of halogens is 1. The Labute approximate surface area is 185 Å². The Morgan fingerprint density at radius 3 is 2.41 bits per heavy atom. The first kappa shape index (κ1) is 20.3. The number of aliphatic imine (C=N–C) groups is 1. The van der Waals surface area contributed by atoms with Crippen LogP contribution < -0.4 is 15.2 Å². The predicted molar refractivity (Wildman–Crippen MR) is 119 cm³/mol. The normalized spacial score (nSPS) is 18.9. The fraction of sp³-hybridized carbons (Fsp3) is 0.280. The molecule has 1 aromatic heterocycles. The van der Waals surface area contributed by atoms with Crippen molar-refractivity contribution in [3.05, 3.63) is 71.8 Å². The maximum atomic E-state index is 13.3. The molecule has 0 aliphatic carbocycles. The summed E-state index contributed by atoms with van der Waals surface area (Å²) < 4.78 is 31.2. The monoisotopic (exact) mass is 433 g/mol. The first-order valence-corrected chi connectivity index (χ1v) is 10.4. The Kier molecular flexibility index (Phi) is 4.58. The van der Waals surface area contributed by atoms with E-state index in [4.69, 9.17) is 24.9 Å². The first-order chi connectivity index (χ1) is 15.2. The third-order valence-corrected chi connectivity index (χ3v) is 5.50. The molecular weight excluding hydrogens is 409 g/mol. The summed E-state index contributed by atoms with van der Waals surface area (Å²) in [6, 6.07) is 14.6. The molecule has 2 aliphatic rings. The molecule has 164 valence electrons. The molecule has 2 N–H and O–H groups in total. The van der Waals surface area contributed by atoms with Crippen molar-refractivity contribution in [1.29, 1.82) is 0 Å². The molecule has 0 unspecified atom stereocenters. The third kappa shape index (κ3) is 3.53. The maximum Gasteiger partial charge on any atom is 0.283 e. The minimum absolute atomic E-state index is 0.0217. The van der Waals surface area contributed by atoms with Crippen LogP contribution in [-0.4, -0.2) is 24.2 Å². The van der Waals surface area contributed by atoms with Crippen molar-refractivity contribution in [2.24, 2.45) is 16.1 Å². The Balaban J connectivity index is 1.62. The highest BCUT2D eigenvalue weighted by molar-refractivity contribution is 5.78. The summed E-state index contributed by atoms with van der Waals surface area (Å²) in [6.07, 6.45) is 1.50. The first-order valence-electron chi connectivity index (χ1n) is 10.4. The van der Waals surface area contributed by atoms with Gasteiger partial charge in [-0.2, -0.15) is 4.39 Å². The molecule has 0 radical (unpaired) electrons. The summed E-state index contributed by atoms with van der Waals surface area (Å²) in [5, 5.41) is 0. The van der Waals surface area contributed by atoms with Gasteiger partial charge in [-0.3, -0.25) is 0 Å². The summed E-state index contributed by atoms with van der Waals surface area (Å²) in [5.41, 5.74) is 8.43. The Morgan fingerprint density at radius 2 is 1.75 bits per heavy atom. The van der Waals surface area contributed by atoms with Gasteiger partial charge in [0.15, 0.2) is 5.54 Å². The molecule has 2 aromatic carbocycles. The molecule has 0 saturated carbocycles. The molecular formula is C25H24FN3O3. The van der Waals surface area contributed by atoms with Crippen LogP contribution >= 0.6 is 0 Å². The van der Waals surface area contributed by atoms with Gasteiger partial charge in [-0.05, 0) is 53.4 Å². The van der Waals surface area contributed by atoms with Crippen LogP contribution in [0.15, 0.2) is 59.7 Å². The number of hydrogen-bond donors (Lipinski definition) is 1. The number of rotatable bonds is 3. The number of hydrogen-bond acceptors (Lipinski definition) is 6. The van der Waals surface area contributed by atoms with E-state index in [2.05, 4.69) is 25.8 Å². The standard InChI is InChI=1S/C25H24FN3O3/c1-24(2,3)13-30-17-6-8-21-19(11-17)25(14-31-23(27)29-25)18-10-15(4-7-20(18)32-21)16-5-9-22(26)28-12-16/h4-12H,13-14H2,1-3H3,(H2,27,29)/t25-/m1/s1. The highest BCUT2D eigenvalue weighted by atomic mass is 19.1. The lowest BCUT2D eigenvalue weighted by Gasteiger charge is -2.34. The van der Waals surface area contributed by atoms with Crippen molar-refractivity contribution in [3.63, 3.8) is 0 Å². The van der Waals surface area contributed by atoms with Gasteiger partial charge >= 0.3 is 0 Å². The Morgan fingerprint density at radius 1 is 1.03 bits per heavy atom. The van der Waals surface area contributed by atoms with Crippen molar-refractivity contribution in [2.75, 3.05) is 13.2 Å². The molecule has 7 heteroatoms. The second-order valence-electron chi connectivity index (χ2n) is 9.29. The number of benzene rings is 2. The van der Waals surface area contributed by atoms with E-state index in [1.807, 2.05) is 36.4 Å². The van der Waals surface area contributed by atoms with Gasteiger partial charge in [0, 0.05) is 22.9 Å². The summed E-state index contributed by atoms with van der Waals surface area (Å²) >= 11 is 0. The fourth-order valence-electron chi connectivity index (χ4n) is 3.95. The summed E-state index contributed by atoms with van der Waals surface area (Å²) in [6.45, 7) is 7.17. The molecule has 32 heavy (non-hydrogen) atoms. The zero-order valence-electron chi connectivity index (χ0n) is 18.2. The van der Waals surface area contributed by atoms with Gasteiger partial charge in [0.25, 0.3) is 6.02 Å². The largest absolute Gasteiger partial charge is 0.493 e. The zero-order valence-corrected chi connectivity index (χ0v) is 18.2. The van der Waals surface area contributed by atoms with Crippen LogP contribution in [0, 0.1) is 11.4 Å². The second kappa shape index (κ2) is 7.22. The average molecular weight is 433 g/mol. The highest BCUT2D eigenvalue weighted by Crippen LogP contribution is 2.52. The number of fused-ring (bicyclic) bond motifs is 4. The Bertz CT molecular complexity index is 1220. The van der Waals surface area contributed by atoms with E-state index in [1.54, 1.807) is 6.07 Å². The molecule has 0 fully saturated rings. The van der Waals surface area contributed by atoms with Crippen molar-refractivity contribution < 1.29 is 18.6 Å². The number of nitrogens with zero attached hydrogens (tertiary/aromatic N) is 2. The lowest BCUT2D eigenvalue weighted by Crippen LogP contribution is -2.31. The van der Waals surface area contributed by atoms with Crippen molar-refractivity contribution in [1.82, 2.24) is 4.98 Å². The lowest BCUT2D eigenvalue weighted by molar-refractivity contribution is 0.197. The molecule has 0 amide bonds. The average Bonchev–Trinajstić information content (AvgIpc) is 3.15. The van der Waals surface area contributed by atoms with Gasteiger partial charge < -0.3 is 19.9 Å². The van der Waals surface area contributed by atoms with Crippen LogP contribution in [0.25, 0.3) is 11.1 Å². The van der Waals surface area contributed by atoms with Crippen LogP contribution in [0.3, 0.4) is 0 Å². The molecule has 5 rings (SSSR count). The molecule has 3 aromatic rings. The minimum Gasteiger partial charge on any atom is -0.493 e. The smallest absolute Gasteiger partial charge is 0.283 e. The van der Waals surface area contributed by atoms with Crippen LogP contribution in [-0.2, 0) is 10.3 Å². The summed E-state index contributed by atoms with van der Waals surface area (Å²) in [5.74, 6) is 1.55. The third-order valence-electron chi connectivity index (χ3n) is 5.50. The molecule has 2 aliphatic heterocycles. The van der Waals surface area contributed by atoms with Gasteiger partial charge in [0.1, 0.15) is 23.9 Å². The fourth-order valence-corrected chi connectivity index (χ4v) is 3.95. The van der Waals surface area contributed by atoms with Crippen LogP contribution in [0.2, 0.25) is 0 Å². The van der Waals surface area contributed by atoms with E-state index in [0.717, 1.165) is 28.0 Å². The number of nitrogens with two attached hydrogens (primary N) is 1. The Hall–Kier alpha value is -3.61. The molecule has 0 bridgehead atoms. The lowest BCUT2D eigenvalue weighted by atomic mass is 9.80. The quantitative estimate of drug-likeness (QED) is 0.588. The van der Waals surface area contributed by atoms with E-state index in [0.29, 0.717) is 18.1 Å². The SMILES string of the molecule is CC(C)(C)COc1ccc2c(c1)[C@@]1(COC(N)=N1)c1cc(-c3ccc(F)nc3)ccc1O2. The summed E-state index contributed by atoms with van der Waals surface area (Å²) in [4.78, 5) is 8.49. The van der Waals surface area contributed by atoms with Gasteiger partial charge in [-0.15, -0.1) is 0 Å². The summed E-state index contributed by atoms with van der Waals surface area (Å²) in [7, 11) is 0. The molecule has 1 atom stereocenters. The van der Waals surface area contributed by atoms with E-state index in [-0.39, 0.29) is 18.0 Å². The predicted octanol–water partition coefficient (Wildman–Crippen LogP) is 5.01. The number of pyridine rings is 1. The van der Waals surface area contributed by atoms with Crippen LogP contribution in [0.5, 0.6) is 17.2 Å². The van der Waals surface area contributed by atoms with Gasteiger partial charge in [0.05, 0.1) is 6.61 Å². The molecule has 0 saturated heterocycles. The molecule has 3 heterocycles. The maximum absolute atomic E-state index is 13.3. The minimum atomic E-state index is -0.864. The van der Waals surface area contributed by atoms with Crippen molar-refractivity contribution >= 4 is 6.02 Å². The molecule has 6 nitrogen and oxygen atoms in total. The van der Waals surface area contributed by atoms with E-state index >= 15 is 0 Å². The highest BCUT2D eigenvalue weighted by Gasteiger charge is 2.47. The van der Waals surface area contributed by atoms with E-state index < -0.39 is 11.5 Å². The van der Waals surface area contributed by atoms with Gasteiger partial charge in [-0.25, -0.2) is 9.98 Å².